The maximum atomic E-state index is 6.96. The number of fused-ring (bicyclic) bond motifs is 19. The van der Waals surface area contributed by atoms with Crippen LogP contribution in [-0.2, 0) is 12.0 Å². The van der Waals surface area contributed by atoms with Crippen molar-refractivity contribution in [2.75, 3.05) is 0 Å². The van der Waals surface area contributed by atoms with Gasteiger partial charge in [0.2, 0.25) is 17.4 Å². The summed E-state index contributed by atoms with van der Waals surface area (Å²) in [7, 11) is 0. The highest BCUT2D eigenvalue weighted by Crippen LogP contribution is 2.71. The molecule has 3 aromatic carbocycles. The number of pyridine rings is 2. The Kier molecular flexibility index (Phi) is 3.62. The SMILES string of the molecule is CC1=Cc2c(ccc3c2oc2c4c(ccc23)C2(C3c5ccccc5-c5cccc[n+]5C32)[n+]2cc(C)c(C)cc2-4)C1. The van der Waals surface area contributed by atoms with E-state index in [1.54, 1.807) is 0 Å². The van der Waals surface area contributed by atoms with Crippen molar-refractivity contribution in [3.05, 3.63) is 124 Å². The molecule has 2 aliphatic carbocycles. The summed E-state index contributed by atoms with van der Waals surface area (Å²) in [5.41, 5.74) is 16.6. The van der Waals surface area contributed by atoms with Crippen LogP contribution in [-0.4, -0.2) is 0 Å². The number of aryl methyl sites for hydroxylation is 2. The van der Waals surface area contributed by atoms with E-state index in [9.17, 15) is 0 Å². The van der Waals surface area contributed by atoms with E-state index < -0.39 is 0 Å². The van der Waals surface area contributed by atoms with Gasteiger partial charge in [-0.25, -0.2) is 0 Å². The first-order chi connectivity index (χ1) is 19.6. The number of aromatic nitrogens is 2. The zero-order valence-electron chi connectivity index (χ0n) is 22.8. The molecule has 190 valence electrons. The molecule has 0 N–H and O–H groups in total. The minimum absolute atomic E-state index is 0.192. The van der Waals surface area contributed by atoms with Gasteiger partial charge in [-0.2, -0.15) is 9.13 Å². The highest BCUT2D eigenvalue weighted by Gasteiger charge is 2.86. The summed E-state index contributed by atoms with van der Waals surface area (Å²) in [5, 5.41) is 2.44. The van der Waals surface area contributed by atoms with Crippen LogP contribution in [0.1, 0.15) is 52.3 Å². The number of furan rings is 1. The second-order valence-electron chi connectivity index (χ2n) is 12.4. The molecule has 1 spiro atoms. The van der Waals surface area contributed by atoms with Crippen molar-refractivity contribution in [3.63, 3.8) is 0 Å². The van der Waals surface area contributed by atoms with Crippen molar-refractivity contribution in [2.45, 2.75) is 44.7 Å². The van der Waals surface area contributed by atoms with Gasteiger partial charge in [0.05, 0.1) is 11.1 Å². The first-order valence-electron chi connectivity index (χ1n) is 14.4. The molecule has 0 saturated heterocycles. The number of nitrogens with zero attached hydrogens (tertiary/aromatic N) is 2. The fourth-order valence-corrected chi connectivity index (χ4v) is 8.53. The number of hydrogen-bond acceptors (Lipinski definition) is 1. The summed E-state index contributed by atoms with van der Waals surface area (Å²) in [4.78, 5) is 0. The van der Waals surface area contributed by atoms with Crippen LogP contribution in [0.25, 0.3) is 50.5 Å². The summed E-state index contributed by atoms with van der Waals surface area (Å²) >= 11 is 0. The van der Waals surface area contributed by atoms with Gasteiger partial charge in [-0.3, -0.25) is 0 Å². The first-order valence-corrected chi connectivity index (χ1v) is 14.4. The van der Waals surface area contributed by atoms with E-state index in [-0.39, 0.29) is 5.54 Å². The summed E-state index contributed by atoms with van der Waals surface area (Å²) in [6, 6.07) is 27.7. The third-order valence-electron chi connectivity index (χ3n) is 10.3. The van der Waals surface area contributed by atoms with Crippen LogP contribution in [0.3, 0.4) is 0 Å². The van der Waals surface area contributed by atoms with Gasteiger partial charge in [0.25, 0.3) is 5.54 Å². The Labute approximate surface area is 232 Å². The van der Waals surface area contributed by atoms with E-state index >= 15 is 0 Å². The van der Waals surface area contributed by atoms with Crippen LogP contribution in [0.4, 0.5) is 0 Å². The third-order valence-corrected chi connectivity index (χ3v) is 10.3. The molecule has 1 saturated carbocycles. The zero-order chi connectivity index (χ0) is 26.5. The lowest BCUT2D eigenvalue weighted by Gasteiger charge is -2.11. The van der Waals surface area contributed by atoms with Crippen molar-refractivity contribution >= 4 is 28.0 Å². The molecule has 3 heteroatoms. The number of rotatable bonds is 0. The second-order valence-corrected chi connectivity index (χ2v) is 12.4. The molecule has 0 bridgehead atoms. The Morgan fingerprint density at radius 1 is 0.825 bits per heavy atom. The molecule has 3 nitrogen and oxygen atoms in total. The first kappa shape index (κ1) is 21.3. The zero-order valence-corrected chi connectivity index (χ0v) is 22.8. The second kappa shape index (κ2) is 6.79. The van der Waals surface area contributed by atoms with Gasteiger partial charge >= 0.3 is 0 Å². The number of allylic oxidation sites excluding steroid dienone is 1. The molecule has 10 rings (SSSR count). The largest absolute Gasteiger partial charge is 0.455 e. The van der Waals surface area contributed by atoms with Gasteiger partial charge in [0.1, 0.15) is 17.1 Å². The Morgan fingerprint density at radius 3 is 2.58 bits per heavy atom. The Balaban J connectivity index is 1.34. The molecule has 4 aliphatic rings. The van der Waals surface area contributed by atoms with Gasteiger partial charge in [0.15, 0.2) is 12.4 Å². The minimum Gasteiger partial charge on any atom is -0.455 e. The molecule has 2 aliphatic heterocycles. The molecular formula is C37H28N2O+2. The predicted molar refractivity (Wildman–Crippen MR) is 157 cm³/mol. The van der Waals surface area contributed by atoms with Crippen molar-refractivity contribution in [2.24, 2.45) is 0 Å². The van der Waals surface area contributed by atoms with Crippen molar-refractivity contribution in [1.29, 1.82) is 0 Å². The van der Waals surface area contributed by atoms with Gasteiger partial charge in [-0.1, -0.05) is 48.0 Å². The number of benzene rings is 3. The van der Waals surface area contributed by atoms with Crippen LogP contribution in [0.15, 0.2) is 95.2 Å². The van der Waals surface area contributed by atoms with Gasteiger partial charge < -0.3 is 4.42 Å². The average Bonchev–Trinajstić information content (AvgIpc) is 3.16. The van der Waals surface area contributed by atoms with E-state index in [1.807, 2.05) is 0 Å². The monoisotopic (exact) mass is 516 g/mol. The summed E-state index contributed by atoms with van der Waals surface area (Å²) in [6.45, 7) is 6.70. The normalized spacial score (nSPS) is 22.5. The lowest BCUT2D eigenvalue weighted by Crippen LogP contribution is -2.51. The fraction of sp³-hybridized carbons (Fsp3) is 0.189. The van der Waals surface area contributed by atoms with E-state index in [4.69, 9.17) is 4.42 Å². The van der Waals surface area contributed by atoms with Crippen LogP contribution in [0.5, 0.6) is 0 Å². The quantitative estimate of drug-likeness (QED) is 0.192. The minimum atomic E-state index is -0.192. The maximum Gasteiger partial charge on any atom is 0.269 e. The molecule has 3 unspecified atom stereocenters. The maximum absolute atomic E-state index is 6.96. The van der Waals surface area contributed by atoms with Gasteiger partial charge in [-0.05, 0) is 62.1 Å². The molecule has 0 amide bonds. The smallest absolute Gasteiger partial charge is 0.269 e. The molecule has 1 fully saturated rings. The van der Waals surface area contributed by atoms with E-state index in [0.29, 0.717) is 12.0 Å². The Morgan fingerprint density at radius 2 is 1.65 bits per heavy atom. The summed E-state index contributed by atoms with van der Waals surface area (Å²) < 4.78 is 12.1. The highest BCUT2D eigenvalue weighted by atomic mass is 16.3. The molecule has 40 heavy (non-hydrogen) atoms. The Hall–Kier alpha value is -4.50. The van der Waals surface area contributed by atoms with Gasteiger partial charge in [-0.15, -0.1) is 0 Å². The standard InChI is InChI=1S/C37H28N2O/c1-20-16-23-11-12-26-27-13-14-29-32(35(27)40-34(26)28(23)17-20)31-18-21(2)22(3)19-39(31)37(29)33-25-9-5-4-8-24(25)30-10-6-7-15-38(30)36(33)37/h4-15,17-19,33,36H,16H2,1-3H3/q+2. The van der Waals surface area contributed by atoms with Crippen molar-refractivity contribution in [3.8, 4) is 22.5 Å². The fourth-order valence-electron chi connectivity index (χ4n) is 8.53. The average molecular weight is 517 g/mol. The predicted octanol–water partition coefficient (Wildman–Crippen LogP) is 7.48. The molecule has 5 heterocycles. The lowest BCUT2D eigenvalue weighted by atomic mass is 9.92. The molecule has 3 aromatic heterocycles. The number of hydrogen-bond donors (Lipinski definition) is 0. The van der Waals surface area contributed by atoms with Crippen LogP contribution < -0.4 is 9.13 Å². The van der Waals surface area contributed by atoms with Crippen molar-refractivity contribution in [1.82, 2.24) is 0 Å². The summed E-state index contributed by atoms with van der Waals surface area (Å²) in [5.74, 6) is 0.354. The molecular weight excluding hydrogens is 488 g/mol. The van der Waals surface area contributed by atoms with E-state index in [2.05, 4.69) is 121 Å². The van der Waals surface area contributed by atoms with Crippen molar-refractivity contribution < 1.29 is 13.6 Å². The van der Waals surface area contributed by atoms with Crippen LogP contribution >= 0.6 is 0 Å². The topological polar surface area (TPSA) is 20.9 Å². The van der Waals surface area contributed by atoms with Crippen LogP contribution in [0, 0.1) is 13.8 Å². The third kappa shape index (κ3) is 2.25. The van der Waals surface area contributed by atoms with E-state index in [0.717, 1.165) is 17.6 Å². The molecule has 3 atom stereocenters. The highest BCUT2D eigenvalue weighted by molar-refractivity contribution is 6.12. The lowest BCUT2D eigenvalue weighted by molar-refractivity contribution is -0.772. The van der Waals surface area contributed by atoms with Crippen LogP contribution in [0.2, 0.25) is 0 Å². The Bertz CT molecular complexity index is 2150. The molecule has 0 radical (unpaired) electrons. The van der Waals surface area contributed by atoms with Gasteiger partial charge in [0, 0.05) is 45.7 Å². The van der Waals surface area contributed by atoms with E-state index in [1.165, 1.54) is 72.2 Å². The summed E-state index contributed by atoms with van der Waals surface area (Å²) in [6.07, 6.45) is 8.03. The molecule has 6 aromatic rings.